The second-order valence-electron chi connectivity index (χ2n) is 6.01. The van der Waals surface area contributed by atoms with E-state index in [-0.39, 0.29) is 0 Å². The summed E-state index contributed by atoms with van der Waals surface area (Å²) in [7, 11) is 0. The number of hydrogen-bond acceptors (Lipinski definition) is 3. The number of hydrogen-bond donors (Lipinski definition) is 2. The van der Waals surface area contributed by atoms with Crippen molar-refractivity contribution < 1.29 is 4.79 Å². The zero-order valence-electron chi connectivity index (χ0n) is 14.5. The van der Waals surface area contributed by atoms with Gasteiger partial charge in [-0.2, -0.15) is 0 Å². The molecule has 1 aliphatic carbocycles. The summed E-state index contributed by atoms with van der Waals surface area (Å²) in [5.41, 5.74) is 17.0. The summed E-state index contributed by atoms with van der Waals surface area (Å²) in [6.45, 7) is 1.94. The highest BCUT2D eigenvalue weighted by Crippen LogP contribution is 2.20. The summed E-state index contributed by atoms with van der Waals surface area (Å²) in [5.74, 6) is 5.70. The topological polar surface area (TPSA) is 82.0 Å². The Kier molecular flexibility index (Phi) is 5.00. The molecule has 0 unspecified atom stereocenters. The summed E-state index contributed by atoms with van der Waals surface area (Å²) in [6, 6.07) is 9.07. The molecule has 3 rings (SSSR count). The number of pyridine rings is 1. The van der Waals surface area contributed by atoms with Gasteiger partial charge in [0, 0.05) is 40.6 Å². The predicted octanol–water partition coefficient (Wildman–Crippen LogP) is 3.07. The predicted molar refractivity (Wildman–Crippen MR) is 104 cm³/mol. The fraction of sp³-hybridized carbons (Fsp3) is 0.0909. The second-order valence-corrected chi connectivity index (χ2v) is 6.01. The van der Waals surface area contributed by atoms with E-state index in [4.69, 9.17) is 11.5 Å². The minimum absolute atomic E-state index is 0.449. The van der Waals surface area contributed by atoms with Gasteiger partial charge in [0.2, 0.25) is 5.91 Å². The molecular weight excluding hydrogens is 322 g/mol. The molecular formula is C22H19N3O. The number of carbonyl (C=O) groups is 1. The summed E-state index contributed by atoms with van der Waals surface area (Å²) in [6.07, 6.45) is 10.3. The van der Waals surface area contributed by atoms with Crippen LogP contribution < -0.4 is 11.5 Å². The van der Waals surface area contributed by atoms with Crippen LogP contribution in [0, 0.1) is 18.8 Å². The van der Waals surface area contributed by atoms with Gasteiger partial charge in [0.25, 0.3) is 0 Å². The van der Waals surface area contributed by atoms with E-state index < -0.39 is 5.91 Å². The number of amides is 1. The maximum atomic E-state index is 11.3. The zero-order chi connectivity index (χ0) is 18.5. The Morgan fingerprint density at radius 1 is 1.15 bits per heavy atom. The number of aromatic nitrogens is 1. The van der Waals surface area contributed by atoms with Crippen molar-refractivity contribution >= 4 is 11.5 Å². The van der Waals surface area contributed by atoms with E-state index >= 15 is 0 Å². The number of nitrogens with zero attached hydrogens (tertiary/aromatic N) is 1. The number of aryl methyl sites for hydroxylation is 1. The van der Waals surface area contributed by atoms with Crippen molar-refractivity contribution in [1.29, 1.82) is 0 Å². The van der Waals surface area contributed by atoms with Gasteiger partial charge in [-0.1, -0.05) is 42.2 Å². The molecule has 128 valence electrons. The van der Waals surface area contributed by atoms with Gasteiger partial charge in [0.1, 0.15) is 0 Å². The van der Waals surface area contributed by atoms with Crippen LogP contribution in [0.4, 0.5) is 0 Å². The Hall–Kier alpha value is -3.58. The largest absolute Gasteiger partial charge is 0.401 e. The maximum absolute atomic E-state index is 11.3. The first kappa shape index (κ1) is 17.2. The molecule has 1 heterocycles. The average molecular weight is 341 g/mol. The fourth-order valence-electron chi connectivity index (χ4n) is 2.57. The third-order valence-corrected chi connectivity index (χ3v) is 4.10. The monoisotopic (exact) mass is 341 g/mol. The molecule has 0 saturated heterocycles. The minimum Gasteiger partial charge on any atom is -0.401 e. The lowest BCUT2D eigenvalue weighted by Gasteiger charge is -2.05. The van der Waals surface area contributed by atoms with E-state index in [1.807, 2.05) is 49.4 Å². The van der Waals surface area contributed by atoms with Gasteiger partial charge in [0.15, 0.2) is 0 Å². The van der Waals surface area contributed by atoms with Gasteiger partial charge in [-0.05, 0) is 36.8 Å². The number of benzene rings is 1. The molecule has 4 heteroatoms. The van der Waals surface area contributed by atoms with Gasteiger partial charge < -0.3 is 11.5 Å². The van der Waals surface area contributed by atoms with Crippen molar-refractivity contribution in [3.63, 3.8) is 0 Å². The quantitative estimate of drug-likeness (QED) is 0.824. The molecule has 1 aliphatic rings. The van der Waals surface area contributed by atoms with Gasteiger partial charge in [-0.25, -0.2) is 0 Å². The molecule has 0 saturated carbocycles. The lowest BCUT2D eigenvalue weighted by molar-refractivity contribution is 0.100. The number of primary amides is 1. The fourth-order valence-corrected chi connectivity index (χ4v) is 2.57. The Morgan fingerprint density at radius 2 is 2.00 bits per heavy atom. The highest BCUT2D eigenvalue weighted by atomic mass is 16.1. The molecule has 1 aromatic carbocycles. The first-order chi connectivity index (χ1) is 12.5. The Labute approximate surface area is 152 Å². The van der Waals surface area contributed by atoms with Crippen LogP contribution >= 0.6 is 0 Å². The van der Waals surface area contributed by atoms with Crippen molar-refractivity contribution in [3.05, 3.63) is 94.5 Å². The lowest BCUT2D eigenvalue weighted by Crippen LogP contribution is -2.11. The second kappa shape index (κ2) is 7.54. The molecule has 4 N–H and O–H groups in total. The first-order valence-electron chi connectivity index (χ1n) is 8.25. The average Bonchev–Trinajstić information content (AvgIpc) is 2.86. The highest BCUT2D eigenvalue weighted by Gasteiger charge is 2.06. The molecule has 0 spiro atoms. The van der Waals surface area contributed by atoms with Gasteiger partial charge >= 0.3 is 0 Å². The van der Waals surface area contributed by atoms with Crippen molar-refractivity contribution in [2.45, 2.75) is 13.3 Å². The highest BCUT2D eigenvalue weighted by molar-refractivity contribution is 5.93. The van der Waals surface area contributed by atoms with Crippen LogP contribution in [-0.4, -0.2) is 10.9 Å². The summed E-state index contributed by atoms with van der Waals surface area (Å²) < 4.78 is 0. The number of nitrogens with two attached hydrogens (primary N) is 2. The van der Waals surface area contributed by atoms with Crippen LogP contribution in [0.3, 0.4) is 0 Å². The van der Waals surface area contributed by atoms with Crippen molar-refractivity contribution in [3.8, 4) is 11.8 Å². The molecule has 4 nitrogen and oxygen atoms in total. The van der Waals surface area contributed by atoms with Crippen LogP contribution in [-0.2, 0) is 0 Å². The third-order valence-electron chi connectivity index (χ3n) is 4.10. The van der Waals surface area contributed by atoms with E-state index in [9.17, 15) is 4.79 Å². The first-order valence-corrected chi connectivity index (χ1v) is 8.25. The molecule has 2 aromatic rings. The van der Waals surface area contributed by atoms with Crippen LogP contribution in [0.1, 0.15) is 39.2 Å². The van der Waals surface area contributed by atoms with Crippen molar-refractivity contribution in [1.82, 2.24) is 4.98 Å². The Morgan fingerprint density at radius 3 is 2.73 bits per heavy atom. The normalized spacial score (nSPS) is 13.1. The van der Waals surface area contributed by atoms with E-state index in [0.717, 1.165) is 33.7 Å². The van der Waals surface area contributed by atoms with Crippen LogP contribution in [0.25, 0.3) is 5.57 Å². The van der Waals surface area contributed by atoms with E-state index in [0.29, 0.717) is 12.0 Å². The number of allylic oxidation sites excluding steroid dienone is 5. The third kappa shape index (κ3) is 3.90. The number of rotatable bonds is 2. The smallest absolute Gasteiger partial charge is 0.248 e. The minimum atomic E-state index is -0.462. The molecule has 1 amide bonds. The lowest BCUT2D eigenvalue weighted by atomic mass is 10.0. The van der Waals surface area contributed by atoms with Crippen LogP contribution in [0.15, 0.2) is 66.5 Å². The van der Waals surface area contributed by atoms with Crippen LogP contribution in [0.5, 0.6) is 0 Å². The maximum Gasteiger partial charge on any atom is 0.248 e. The molecule has 0 fully saturated rings. The number of carbonyl (C=O) groups excluding carboxylic acids is 1. The van der Waals surface area contributed by atoms with E-state index in [2.05, 4.69) is 16.8 Å². The Balaban J connectivity index is 1.87. The molecule has 0 aliphatic heterocycles. The molecule has 0 atom stereocenters. The molecule has 26 heavy (non-hydrogen) atoms. The van der Waals surface area contributed by atoms with Crippen molar-refractivity contribution in [2.24, 2.45) is 11.5 Å². The molecule has 1 aromatic heterocycles. The molecule has 0 radical (unpaired) electrons. The molecule has 0 bridgehead atoms. The van der Waals surface area contributed by atoms with Gasteiger partial charge in [-0.3, -0.25) is 9.78 Å². The summed E-state index contributed by atoms with van der Waals surface area (Å²) >= 11 is 0. The van der Waals surface area contributed by atoms with Crippen molar-refractivity contribution in [2.75, 3.05) is 0 Å². The zero-order valence-corrected chi connectivity index (χ0v) is 14.5. The van der Waals surface area contributed by atoms with Gasteiger partial charge in [0.05, 0.1) is 5.69 Å². The standard InChI is InChI=1S/C22H19N3O/c1-15-7-10-18(22(24)26)13-17(15)11-8-16-9-12-21(25-14-16)19-5-3-2-4-6-20(19)23/h2-5,7,9-10,12-14H,6,23H2,1H3,(H2,24,26). The van der Waals surface area contributed by atoms with E-state index in [1.54, 1.807) is 18.3 Å². The summed E-state index contributed by atoms with van der Waals surface area (Å²) in [4.78, 5) is 15.8. The SMILES string of the molecule is Cc1ccc(C(N)=O)cc1C#Cc1ccc(C2=C(N)CC=CC=C2)nc1. The van der Waals surface area contributed by atoms with Gasteiger partial charge in [-0.15, -0.1) is 0 Å². The Bertz CT molecular complexity index is 1000. The van der Waals surface area contributed by atoms with E-state index in [1.165, 1.54) is 0 Å². The summed E-state index contributed by atoms with van der Waals surface area (Å²) in [5, 5.41) is 0. The van der Waals surface area contributed by atoms with Crippen LogP contribution in [0.2, 0.25) is 0 Å².